The molecule has 0 saturated carbocycles. The fourth-order valence-corrected chi connectivity index (χ4v) is 4.20. The Morgan fingerprint density at radius 1 is 1.06 bits per heavy atom. The second-order valence-electron chi connectivity index (χ2n) is 7.83. The normalized spacial score (nSPS) is 16.3. The van der Waals surface area contributed by atoms with Gasteiger partial charge in [0.2, 0.25) is 5.78 Å². The first-order chi connectivity index (χ1) is 15.6. The maximum absolute atomic E-state index is 12.9. The number of hydrogen-bond donors (Lipinski definition) is 0. The molecule has 2 aliphatic heterocycles. The van der Waals surface area contributed by atoms with Gasteiger partial charge in [-0.1, -0.05) is 40.2 Å². The predicted molar refractivity (Wildman–Crippen MR) is 126 cm³/mol. The van der Waals surface area contributed by atoms with Gasteiger partial charge in [-0.05, 0) is 60.0 Å². The fourth-order valence-electron chi connectivity index (χ4n) is 3.94. The Hall–Kier alpha value is -3.09. The van der Waals surface area contributed by atoms with Crippen LogP contribution in [0.2, 0.25) is 0 Å². The van der Waals surface area contributed by atoms with Gasteiger partial charge < -0.3 is 14.2 Å². The molecule has 6 heteroatoms. The van der Waals surface area contributed by atoms with Crippen molar-refractivity contribution in [3.05, 3.63) is 93.1 Å². The molecular formula is C26H22BrNO4. The summed E-state index contributed by atoms with van der Waals surface area (Å²) in [7, 11) is 1.67. The first-order valence-corrected chi connectivity index (χ1v) is 11.2. The van der Waals surface area contributed by atoms with Gasteiger partial charge in [0.25, 0.3) is 0 Å². The van der Waals surface area contributed by atoms with Gasteiger partial charge in [0, 0.05) is 17.6 Å². The third kappa shape index (κ3) is 4.16. The molecule has 0 unspecified atom stereocenters. The van der Waals surface area contributed by atoms with E-state index in [-0.39, 0.29) is 5.78 Å². The Morgan fingerprint density at radius 2 is 1.84 bits per heavy atom. The number of hydrogen-bond acceptors (Lipinski definition) is 5. The van der Waals surface area contributed by atoms with Crippen molar-refractivity contribution in [2.24, 2.45) is 0 Å². The molecule has 0 fully saturated rings. The van der Waals surface area contributed by atoms with E-state index < -0.39 is 0 Å². The highest BCUT2D eigenvalue weighted by Crippen LogP contribution is 2.42. The number of carbonyl (C=O) groups is 1. The lowest BCUT2D eigenvalue weighted by molar-refractivity contribution is 0.0949. The summed E-state index contributed by atoms with van der Waals surface area (Å²) in [5.41, 5.74) is 3.67. The summed E-state index contributed by atoms with van der Waals surface area (Å²) in [5.74, 6) is 2.49. The monoisotopic (exact) mass is 491 g/mol. The molecule has 2 heterocycles. The topological polar surface area (TPSA) is 48.0 Å². The number of rotatable bonds is 5. The minimum atomic E-state index is -0.0962. The second-order valence-corrected chi connectivity index (χ2v) is 8.75. The molecule has 0 atom stereocenters. The summed E-state index contributed by atoms with van der Waals surface area (Å²) in [6, 6.07) is 19.5. The number of fused-ring (bicyclic) bond motifs is 3. The van der Waals surface area contributed by atoms with E-state index in [9.17, 15) is 4.79 Å². The highest BCUT2D eigenvalue weighted by atomic mass is 79.9. The fraction of sp³-hybridized carbons (Fsp3) is 0.192. The van der Waals surface area contributed by atoms with Crippen LogP contribution in [-0.2, 0) is 13.0 Å². The van der Waals surface area contributed by atoms with Crippen molar-refractivity contribution in [1.82, 2.24) is 4.90 Å². The Balaban J connectivity index is 1.33. The van der Waals surface area contributed by atoms with Crippen LogP contribution in [0.3, 0.4) is 0 Å². The van der Waals surface area contributed by atoms with E-state index in [1.165, 1.54) is 5.56 Å². The molecule has 162 valence electrons. The molecule has 2 aliphatic rings. The van der Waals surface area contributed by atoms with E-state index in [2.05, 4.69) is 33.0 Å². The van der Waals surface area contributed by atoms with Crippen molar-refractivity contribution >= 4 is 27.8 Å². The van der Waals surface area contributed by atoms with Crippen LogP contribution in [0.4, 0.5) is 0 Å². The lowest BCUT2D eigenvalue weighted by atomic mass is 10.0. The van der Waals surface area contributed by atoms with E-state index in [1.807, 2.05) is 42.5 Å². The van der Waals surface area contributed by atoms with E-state index >= 15 is 0 Å². The molecule has 0 aromatic heterocycles. The van der Waals surface area contributed by atoms with Crippen LogP contribution in [0.25, 0.3) is 6.08 Å². The lowest BCUT2D eigenvalue weighted by Crippen LogP contribution is -2.33. The Labute approximate surface area is 195 Å². The maximum Gasteiger partial charge on any atom is 0.231 e. The number of carbonyl (C=O) groups excluding carboxylic acids is 1. The summed E-state index contributed by atoms with van der Waals surface area (Å²) in [5, 5.41) is 0. The van der Waals surface area contributed by atoms with Gasteiger partial charge in [-0.25, -0.2) is 0 Å². The van der Waals surface area contributed by atoms with Crippen LogP contribution in [-0.4, -0.2) is 31.1 Å². The predicted octanol–water partition coefficient (Wildman–Crippen LogP) is 5.47. The summed E-state index contributed by atoms with van der Waals surface area (Å²) in [4.78, 5) is 15.2. The molecule has 5 rings (SSSR count). The third-order valence-corrected chi connectivity index (χ3v) is 6.25. The standard InChI is InChI=1S/C26H22BrNO4/c1-30-20-8-4-17(5-9-20)12-13-28-15-22-23(31-16-28)11-10-21-25(29)24(32-26(21)22)14-18-2-6-19(27)7-3-18/h2-11,14H,12-13,15-16H2,1H3/b24-14-. The number of ether oxygens (including phenoxy) is 3. The molecular weight excluding hydrogens is 470 g/mol. The molecule has 5 nitrogen and oxygen atoms in total. The summed E-state index contributed by atoms with van der Waals surface area (Å²) in [6.07, 6.45) is 2.68. The smallest absolute Gasteiger partial charge is 0.231 e. The molecule has 3 aromatic rings. The molecule has 0 N–H and O–H groups in total. The van der Waals surface area contributed by atoms with Gasteiger partial charge in [-0.15, -0.1) is 0 Å². The van der Waals surface area contributed by atoms with Crippen LogP contribution in [0.1, 0.15) is 27.0 Å². The number of allylic oxidation sites excluding steroid dienone is 1. The minimum Gasteiger partial charge on any atom is -0.497 e. The van der Waals surface area contributed by atoms with Crippen molar-refractivity contribution in [3.63, 3.8) is 0 Å². The molecule has 0 amide bonds. The zero-order valence-electron chi connectivity index (χ0n) is 17.6. The van der Waals surface area contributed by atoms with Crippen molar-refractivity contribution in [1.29, 1.82) is 0 Å². The van der Waals surface area contributed by atoms with Crippen LogP contribution in [0.15, 0.2) is 70.9 Å². The largest absolute Gasteiger partial charge is 0.497 e. The van der Waals surface area contributed by atoms with Crippen LogP contribution in [0.5, 0.6) is 17.2 Å². The van der Waals surface area contributed by atoms with E-state index in [4.69, 9.17) is 14.2 Å². The van der Waals surface area contributed by atoms with Gasteiger partial charge in [0.05, 0.1) is 18.2 Å². The van der Waals surface area contributed by atoms with Gasteiger partial charge >= 0.3 is 0 Å². The third-order valence-electron chi connectivity index (χ3n) is 5.73. The SMILES string of the molecule is COc1ccc(CCN2COc3ccc4c(c3C2)O/C(=C\c2ccc(Br)cc2)C4=O)cc1. The van der Waals surface area contributed by atoms with Crippen molar-refractivity contribution < 1.29 is 19.0 Å². The number of halogens is 1. The zero-order valence-corrected chi connectivity index (χ0v) is 19.2. The average Bonchev–Trinajstić information content (AvgIpc) is 3.15. The molecule has 0 aliphatic carbocycles. The van der Waals surface area contributed by atoms with E-state index in [0.29, 0.717) is 30.3 Å². The molecule has 32 heavy (non-hydrogen) atoms. The summed E-state index contributed by atoms with van der Waals surface area (Å²) < 4.78 is 18.3. The Morgan fingerprint density at radius 3 is 2.59 bits per heavy atom. The van der Waals surface area contributed by atoms with Crippen molar-refractivity contribution in [2.45, 2.75) is 13.0 Å². The number of nitrogens with zero attached hydrogens (tertiary/aromatic N) is 1. The maximum atomic E-state index is 12.9. The molecule has 3 aromatic carbocycles. The molecule has 0 radical (unpaired) electrons. The highest BCUT2D eigenvalue weighted by Gasteiger charge is 2.33. The highest BCUT2D eigenvalue weighted by molar-refractivity contribution is 9.10. The van der Waals surface area contributed by atoms with E-state index in [0.717, 1.165) is 40.1 Å². The van der Waals surface area contributed by atoms with Gasteiger partial charge in [0.15, 0.2) is 5.76 Å². The first-order valence-electron chi connectivity index (χ1n) is 10.4. The van der Waals surface area contributed by atoms with Crippen LogP contribution >= 0.6 is 15.9 Å². The number of Topliss-reactive ketones (excluding diaryl/α,β-unsaturated/α-hetero) is 1. The average molecular weight is 492 g/mol. The van der Waals surface area contributed by atoms with Crippen LogP contribution in [0, 0.1) is 0 Å². The van der Waals surface area contributed by atoms with Gasteiger partial charge in [0.1, 0.15) is 24.0 Å². The quantitative estimate of drug-likeness (QED) is 0.443. The number of methoxy groups -OCH3 is 1. The Kier molecular flexibility index (Phi) is 5.72. The first kappa shape index (κ1) is 20.8. The number of benzene rings is 3. The van der Waals surface area contributed by atoms with Crippen molar-refractivity contribution in [2.75, 3.05) is 20.4 Å². The van der Waals surface area contributed by atoms with Gasteiger partial charge in [-0.2, -0.15) is 0 Å². The second kappa shape index (κ2) is 8.81. The van der Waals surface area contributed by atoms with E-state index in [1.54, 1.807) is 19.3 Å². The molecule has 0 saturated heterocycles. The summed E-state index contributed by atoms with van der Waals surface area (Å²) in [6.45, 7) is 2.02. The van der Waals surface area contributed by atoms with Gasteiger partial charge in [-0.3, -0.25) is 9.69 Å². The van der Waals surface area contributed by atoms with Crippen molar-refractivity contribution in [3.8, 4) is 17.2 Å². The minimum absolute atomic E-state index is 0.0962. The van der Waals surface area contributed by atoms with Crippen LogP contribution < -0.4 is 14.2 Å². The Bertz CT molecular complexity index is 1190. The summed E-state index contributed by atoms with van der Waals surface area (Å²) >= 11 is 3.43. The molecule has 0 spiro atoms. The lowest BCUT2D eigenvalue weighted by Gasteiger charge is -2.29. The number of ketones is 1. The zero-order chi connectivity index (χ0) is 22.1. The molecule has 0 bridgehead atoms.